The molecule has 0 bridgehead atoms. The maximum atomic E-state index is 12.9. The molecule has 0 aliphatic carbocycles. The van der Waals surface area contributed by atoms with Crippen molar-refractivity contribution in [2.24, 2.45) is 5.92 Å². The van der Waals surface area contributed by atoms with Crippen LogP contribution in [0.15, 0.2) is 16.5 Å². The molecule has 3 aliphatic heterocycles. The van der Waals surface area contributed by atoms with Gasteiger partial charge in [0.05, 0.1) is 6.54 Å². The van der Waals surface area contributed by atoms with Gasteiger partial charge in [0.1, 0.15) is 5.76 Å². The van der Waals surface area contributed by atoms with Crippen LogP contribution in [0, 0.1) is 12.8 Å². The molecule has 4 heterocycles. The van der Waals surface area contributed by atoms with Gasteiger partial charge in [0, 0.05) is 58.3 Å². The highest BCUT2D eigenvalue weighted by molar-refractivity contribution is 5.91. The first kappa shape index (κ1) is 22.8. The van der Waals surface area contributed by atoms with E-state index in [2.05, 4.69) is 9.80 Å². The number of likely N-dealkylation sites (tertiary alicyclic amines) is 2. The molecule has 4 rings (SSSR count). The van der Waals surface area contributed by atoms with E-state index in [0.29, 0.717) is 57.5 Å². The molecule has 32 heavy (non-hydrogen) atoms. The van der Waals surface area contributed by atoms with Crippen molar-refractivity contribution < 1.29 is 18.8 Å². The Morgan fingerprint density at radius 2 is 1.47 bits per heavy atom. The first-order valence-electron chi connectivity index (χ1n) is 12.2. The quantitative estimate of drug-likeness (QED) is 0.710. The van der Waals surface area contributed by atoms with Crippen LogP contribution in [-0.4, -0.2) is 96.2 Å². The van der Waals surface area contributed by atoms with Crippen molar-refractivity contribution >= 4 is 17.7 Å². The van der Waals surface area contributed by atoms with Crippen molar-refractivity contribution in [1.29, 1.82) is 0 Å². The Morgan fingerprint density at radius 3 is 2.06 bits per heavy atom. The van der Waals surface area contributed by atoms with Gasteiger partial charge in [0.15, 0.2) is 5.76 Å². The fraction of sp³-hybridized carbons (Fsp3) is 0.708. The third-order valence-corrected chi connectivity index (χ3v) is 7.08. The predicted molar refractivity (Wildman–Crippen MR) is 120 cm³/mol. The summed E-state index contributed by atoms with van der Waals surface area (Å²) in [5.74, 6) is 1.52. The smallest absolute Gasteiger partial charge is 0.289 e. The Bertz CT molecular complexity index is 799. The van der Waals surface area contributed by atoms with Gasteiger partial charge in [-0.15, -0.1) is 0 Å². The molecule has 1 aromatic heterocycles. The lowest BCUT2D eigenvalue weighted by molar-refractivity contribution is -0.141. The highest BCUT2D eigenvalue weighted by Crippen LogP contribution is 2.22. The van der Waals surface area contributed by atoms with E-state index in [4.69, 9.17) is 4.42 Å². The summed E-state index contributed by atoms with van der Waals surface area (Å²) >= 11 is 0. The van der Waals surface area contributed by atoms with Gasteiger partial charge in [-0.25, -0.2) is 0 Å². The molecule has 1 aromatic rings. The molecule has 0 radical (unpaired) electrons. The van der Waals surface area contributed by atoms with Crippen LogP contribution in [-0.2, 0) is 9.59 Å². The fourth-order valence-electron chi connectivity index (χ4n) is 5.03. The van der Waals surface area contributed by atoms with Gasteiger partial charge >= 0.3 is 0 Å². The highest BCUT2D eigenvalue weighted by Gasteiger charge is 2.31. The molecule has 3 fully saturated rings. The van der Waals surface area contributed by atoms with E-state index in [1.54, 1.807) is 17.0 Å². The Morgan fingerprint density at radius 1 is 0.812 bits per heavy atom. The molecule has 3 amide bonds. The summed E-state index contributed by atoms with van der Waals surface area (Å²) in [5.41, 5.74) is 0. The van der Waals surface area contributed by atoms with Gasteiger partial charge in [-0.05, 0) is 44.7 Å². The maximum absolute atomic E-state index is 12.9. The minimum Gasteiger partial charge on any atom is -0.456 e. The molecular formula is C24H36N4O4. The van der Waals surface area contributed by atoms with Crippen LogP contribution in [0.4, 0.5) is 0 Å². The van der Waals surface area contributed by atoms with Crippen molar-refractivity contribution in [3.63, 3.8) is 0 Å². The lowest BCUT2D eigenvalue weighted by atomic mass is 9.95. The number of carbonyl (C=O) groups is 3. The van der Waals surface area contributed by atoms with Crippen LogP contribution in [0.2, 0.25) is 0 Å². The minimum atomic E-state index is -0.0831. The number of aryl methyl sites for hydroxylation is 1. The first-order chi connectivity index (χ1) is 15.5. The predicted octanol–water partition coefficient (Wildman–Crippen LogP) is 1.99. The Kier molecular flexibility index (Phi) is 7.50. The van der Waals surface area contributed by atoms with Crippen LogP contribution in [0.3, 0.4) is 0 Å². The Labute approximate surface area is 190 Å². The minimum absolute atomic E-state index is 0.0666. The van der Waals surface area contributed by atoms with Gasteiger partial charge in [0.25, 0.3) is 5.91 Å². The fourth-order valence-corrected chi connectivity index (χ4v) is 5.03. The average Bonchev–Trinajstić information content (AvgIpc) is 3.07. The summed E-state index contributed by atoms with van der Waals surface area (Å²) in [4.78, 5) is 46.1. The van der Waals surface area contributed by atoms with E-state index in [-0.39, 0.29) is 17.7 Å². The topological polar surface area (TPSA) is 77.3 Å². The number of hydrogen-bond acceptors (Lipinski definition) is 5. The molecule has 3 saturated heterocycles. The normalized spacial score (nSPS) is 21.5. The summed E-state index contributed by atoms with van der Waals surface area (Å²) in [6, 6.07) is 3.52. The molecule has 0 unspecified atom stereocenters. The number of piperazine rings is 1. The second-order valence-electron chi connectivity index (χ2n) is 9.37. The van der Waals surface area contributed by atoms with Crippen molar-refractivity contribution in [2.45, 2.75) is 45.4 Å². The van der Waals surface area contributed by atoms with Gasteiger partial charge in [-0.2, -0.15) is 0 Å². The summed E-state index contributed by atoms with van der Waals surface area (Å²) in [6.45, 7) is 7.88. The largest absolute Gasteiger partial charge is 0.456 e. The molecular weight excluding hydrogens is 408 g/mol. The number of nitrogens with zero attached hydrogens (tertiary/aromatic N) is 4. The number of furan rings is 1. The number of amides is 3. The van der Waals surface area contributed by atoms with Gasteiger partial charge in [-0.3, -0.25) is 19.3 Å². The second-order valence-corrected chi connectivity index (χ2v) is 9.37. The van der Waals surface area contributed by atoms with Crippen molar-refractivity contribution in [1.82, 2.24) is 19.6 Å². The molecule has 0 spiro atoms. The van der Waals surface area contributed by atoms with E-state index >= 15 is 0 Å². The van der Waals surface area contributed by atoms with Crippen molar-refractivity contribution in [3.05, 3.63) is 23.7 Å². The van der Waals surface area contributed by atoms with Gasteiger partial charge in [0.2, 0.25) is 11.8 Å². The zero-order valence-corrected chi connectivity index (χ0v) is 19.3. The third kappa shape index (κ3) is 5.52. The second kappa shape index (κ2) is 10.5. The molecule has 176 valence electrons. The highest BCUT2D eigenvalue weighted by atomic mass is 16.3. The average molecular weight is 445 g/mol. The monoisotopic (exact) mass is 444 g/mol. The SMILES string of the molecule is Cc1ccc(C(=O)N2CCN(CC(=O)N3CCC(C(=O)N4CCCCCC4)CC3)CC2)o1. The van der Waals surface area contributed by atoms with Crippen molar-refractivity contribution in [3.8, 4) is 0 Å². The van der Waals surface area contributed by atoms with E-state index in [9.17, 15) is 14.4 Å². The lowest BCUT2D eigenvalue weighted by Crippen LogP contribution is -2.52. The first-order valence-corrected chi connectivity index (χ1v) is 12.2. The zero-order chi connectivity index (χ0) is 22.5. The van der Waals surface area contributed by atoms with Gasteiger partial charge < -0.3 is 19.1 Å². The standard InChI is InChI=1S/C24H36N4O4/c1-19-6-7-21(32-19)24(31)28-16-14-25(15-17-28)18-22(29)26-12-8-20(9-13-26)23(30)27-10-4-2-3-5-11-27/h6-7,20H,2-5,8-18H2,1H3. The number of carbonyl (C=O) groups excluding carboxylic acids is 3. The van der Waals surface area contributed by atoms with Crippen LogP contribution in [0.1, 0.15) is 54.8 Å². The van der Waals surface area contributed by atoms with Crippen LogP contribution in [0.5, 0.6) is 0 Å². The molecule has 0 saturated carbocycles. The number of piperidine rings is 1. The molecule has 8 heteroatoms. The van der Waals surface area contributed by atoms with E-state index < -0.39 is 0 Å². The summed E-state index contributed by atoms with van der Waals surface area (Å²) < 4.78 is 5.45. The Balaban J connectivity index is 1.18. The number of rotatable bonds is 4. The molecule has 8 nitrogen and oxygen atoms in total. The van der Waals surface area contributed by atoms with E-state index in [1.807, 2.05) is 11.8 Å². The lowest BCUT2D eigenvalue weighted by Gasteiger charge is -2.37. The zero-order valence-electron chi connectivity index (χ0n) is 19.3. The van der Waals surface area contributed by atoms with Crippen LogP contribution >= 0.6 is 0 Å². The molecule has 3 aliphatic rings. The molecule has 0 N–H and O–H groups in total. The number of hydrogen-bond donors (Lipinski definition) is 0. The summed E-state index contributed by atoms with van der Waals surface area (Å²) in [5, 5.41) is 0. The third-order valence-electron chi connectivity index (χ3n) is 7.08. The molecule has 0 atom stereocenters. The van der Waals surface area contributed by atoms with Crippen LogP contribution < -0.4 is 0 Å². The maximum Gasteiger partial charge on any atom is 0.289 e. The van der Waals surface area contributed by atoms with Gasteiger partial charge in [-0.1, -0.05) is 12.8 Å². The Hall–Kier alpha value is -2.35. The summed E-state index contributed by atoms with van der Waals surface area (Å²) in [7, 11) is 0. The molecule has 0 aromatic carbocycles. The van der Waals surface area contributed by atoms with Crippen molar-refractivity contribution in [2.75, 3.05) is 58.9 Å². The summed E-state index contributed by atoms with van der Waals surface area (Å²) in [6.07, 6.45) is 6.22. The van der Waals surface area contributed by atoms with E-state index in [0.717, 1.165) is 44.5 Å². The van der Waals surface area contributed by atoms with E-state index in [1.165, 1.54) is 12.8 Å². The van der Waals surface area contributed by atoms with Crippen LogP contribution in [0.25, 0.3) is 0 Å².